The Morgan fingerprint density at radius 1 is 1.30 bits per heavy atom. The fraction of sp³-hybridized carbons (Fsp3) is 0.471. The van der Waals surface area contributed by atoms with Crippen LogP contribution in [-0.2, 0) is 5.41 Å². The van der Waals surface area contributed by atoms with Crippen molar-refractivity contribution in [1.29, 1.82) is 0 Å². The molecule has 1 aromatic rings. The van der Waals surface area contributed by atoms with Gasteiger partial charge in [0.2, 0.25) is 0 Å². The van der Waals surface area contributed by atoms with Crippen molar-refractivity contribution in [3.05, 3.63) is 35.9 Å². The maximum Gasteiger partial charge on any atom is 0.134 e. The van der Waals surface area contributed by atoms with Gasteiger partial charge in [0.1, 0.15) is 6.09 Å². The lowest BCUT2D eigenvalue weighted by molar-refractivity contribution is -0.254. The lowest BCUT2D eigenvalue weighted by Crippen LogP contribution is -2.64. The van der Waals surface area contributed by atoms with Gasteiger partial charge >= 0.3 is 0 Å². The van der Waals surface area contributed by atoms with Gasteiger partial charge in [-0.25, -0.2) is 0 Å². The van der Waals surface area contributed by atoms with Crippen LogP contribution in [0.5, 0.6) is 0 Å². The Kier molecular flexibility index (Phi) is 4.04. The van der Waals surface area contributed by atoms with E-state index in [-0.39, 0.29) is 0 Å². The molecule has 1 atom stereocenters. The Labute approximate surface area is 120 Å². The lowest BCUT2D eigenvalue weighted by Gasteiger charge is -2.49. The van der Waals surface area contributed by atoms with E-state index in [0.717, 1.165) is 37.7 Å². The summed E-state index contributed by atoms with van der Waals surface area (Å²) in [5, 5.41) is 13.8. The van der Waals surface area contributed by atoms with Gasteiger partial charge in [0.15, 0.2) is 0 Å². The molecule has 1 amide bonds. The molecule has 3 heteroatoms. The molecular weight excluding hydrogens is 250 g/mol. The number of carbonyl (C=O) groups excluding carboxylic acids is 1. The highest BCUT2D eigenvalue weighted by atomic mass is 16.4. The number of rotatable bonds is 3. The summed E-state index contributed by atoms with van der Waals surface area (Å²) in [6, 6.07) is 9.72. The monoisotopic (exact) mass is 270 g/mol. The smallest absolute Gasteiger partial charge is 0.134 e. The third-order valence-electron chi connectivity index (χ3n) is 4.65. The normalized spacial score (nSPS) is 20.4. The predicted octanol–water partition coefficient (Wildman–Crippen LogP) is 2.21. The third-order valence-corrected chi connectivity index (χ3v) is 4.65. The van der Waals surface area contributed by atoms with Gasteiger partial charge in [-0.2, -0.15) is 0 Å². The largest absolute Gasteiger partial charge is 0.530 e. The van der Waals surface area contributed by atoms with Crippen molar-refractivity contribution in [3.8, 4) is 12.3 Å². The van der Waals surface area contributed by atoms with Crippen LogP contribution in [0.25, 0.3) is 0 Å². The number of benzene rings is 1. The number of amides is 1. The Hall–Kier alpha value is -1.95. The highest BCUT2D eigenvalue weighted by molar-refractivity contribution is 5.64. The zero-order valence-electron chi connectivity index (χ0n) is 11.8. The molecule has 1 N–H and O–H groups in total. The van der Waals surface area contributed by atoms with E-state index in [1.165, 1.54) is 0 Å². The maximum atomic E-state index is 11.2. The average Bonchev–Trinajstić information content (AvgIpc) is 2.47. The van der Waals surface area contributed by atoms with Gasteiger partial charge in [0.25, 0.3) is 0 Å². The zero-order valence-corrected chi connectivity index (χ0v) is 11.8. The molecule has 1 saturated carbocycles. The van der Waals surface area contributed by atoms with E-state index in [2.05, 4.69) is 11.2 Å². The molecule has 1 aliphatic rings. The van der Waals surface area contributed by atoms with Crippen molar-refractivity contribution in [1.82, 2.24) is 5.32 Å². The van der Waals surface area contributed by atoms with E-state index in [0.29, 0.717) is 0 Å². The first-order chi connectivity index (χ1) is 9.54. The van der Waals surface area contributed by atoms with Crippen molar-refractivity contribution >= 4 is 6.09 Å². The summed E-state index contributed by atoms with van der Waals surface area (Å²) in [5.41, 5.74) is -0.340. The second-order valence-electron chi connectivity index (χ2n) is 5.69. The molecule has 0 bridgehead atoms. The van der Waals surface area contributed by atoms with E-state index in [1.807, 2.05) is 37.3 Å². The molecule has 1 unspecified atom stereocenters. The first kappa shape index (κ1) is 14.5. The van der Waals surface area contributed by atoms with E-state index in [1.54, 1.807) is 0 Å². The molecule has 1 fully saturated rings. The number of carboxylic acid groups (broad SMARTS) is 1. The number of hydrogen-bond donors (Lipinski definition) is 1. The molecule has 0 radical (unpaired) electrons. The number of hydrogen-bond acceptors (Lipinski definition) is 2. The number of carbonyl (C=O) groups is 1. The van der Waals surface area contributed by atoms with Crippen LogP contribution >= 0.6 is 0 Å². The highest BCUT2D eigenvalue weighted by Gasteiger charge is 2.48. The maximum absolute atomic E-state index is 11.2. The molecule has 0 heterocycles. The third kappa shape index (κ3) is 2.38. The molecule has 2 rings (SSSR count). The molecule has 1 aliphatic carbocycles. The minimum Gasteiger partial charge on any atom is -0.530 e. The van der Waals surface area contributed by atoms with E-state index in [4.69, 9.17) is 6.42 Å². The Morgan fingerprint density at radius 2 is 1.90 bits per heavy atom. The van der Waals surface area contributed by atoms with Crippen LogP contribution in [0.1, 0.15) is 44.6 Å². The molecule has 0 saturated heterocycles. The molecular formula is C17H20NO2-. The molecule has 106 valence electrons. The Morgan fingerprint density at radius 3 is 2.40 bits per heavy atom. The SMILES string of the molecule is C#CC(C)(c1ccccc1)C1(NC(=O)[O-])CCCCC1. The van der Waals surface area contributed by atoms with Gasteiger partial charge in [-0.3, -0.25) is 0 Å². The fourth-order valence-electron chi connectivity index (χ4n) is 3.37. The average molecular weight is 270 g/mol. The van der Waals surface area contributed by atoms with Crippen molar-refractivity contribution in [2.24, 2.45) is 0 Å². The standard InChI is InChI=1S/C17H21NO2/c1-3-16(2,14-10-6-4-7-11-14)17(18-15(19)20)12-8-5-9-13-17/h1,4,6-7,10-11,18H,5,8-9,12-13H2,2H3,(H,19,20)/p-1. The van der Waals surface area contributed by atoms with E-state index < -0.39 is 17.0 Å². The molecule has 20 heavy (non-hydrogen) atoms. The second kappa shape index (κ2) is 5.58. The quantitative estimate of drug-likeness (QED) is 0.856. The number of nitrogens with one attached hydrogen (secondary N) is 1. The van der Waals surface area contributed by atoms with Crippen LogP contribution in [0.4, 0.5) is 4.79 Å². The fourth-order valence-corrected chi connectivity index (χ4v) is 3.37. The molecule has 0 aliphatic heterocycles. The summed E-state index contributed by atoms with van der Waals surface area (Å²) in [7, 11) is 0. The van der Waals surface area contributed by atoms with Crippen molar-refractivity contribution in [3.63, 3.8) is 0 Å². The Bertz CT molecular complexity index is 512. The van der Waals surface area contributed by atoms with Gasteiger partial charge in [-0.05, 0) is 25.3 Å². The van der Waals surface area contributed by atoms with Crippen LogP contribution in [0, 0.1) is 12.3 Å². The van der Waals surface area contributed by atoms with Crippen LogP contribution in [0.3, 0.4) is 0 Å². The van der Waals surface area contributed by atoms with Gasteiger partial charge < -0.3 is 15.2 Å². The highest BCUT2D eigenvalue weighted by Crippen LogP contribution is 2.44. The van der Waals surface area contributed by atoms with Gasteiger partial charge in [-0.15, -0.1) is 6.42 Å². The summed E-state index contributed by atoms with van der Waals surface area (Å²) in [4.78, 5) is 11.2. The number of terminal acetylenes is 1. The lowest BCUT2D eigenvalue weighted by atomic mass is 9.61. The van der Waals surface area contributed by atoms with Gasteiger partial charge in [0, 0.05) is 0 Å². The first-order valence-corrected chi connectivity index (χ1v) is 7.06. The summed E-state index contributed by atoms with van der Waals surface area (Å²) in [5.74, 6) is 2.86. The Balaban J connectivity index is 2.49. The molecule has 0 aromatic heterocycles. The topological polar surface area (TPSA) is 52.2 Å². The summed E-state index contributed by atoms with van der Waals surface area (Å²) >= 11 is 0. The first-order valence-electron chi connectivity index (χ1n) is 7.06. The van der Waals surface area contributed by atoms with Gasteiger partial charge in [-0.1, -0.05) is 55.5 Å². The van der Waals surface area contributed by atoms with Gasteiger partial charge in [0.05, 0.1) is 11.0 Å². The molecule has 3 nitrogen and oxygen atoms in total. The molecule has 0 spiro atoms. The minimum atomic E-state index is -1.25. The predicted molar refractivity (Wildman–Crippen MR) is 77.0 cm³/mol. The zero-order chi connectivity index (χ0) is 14.6. The summed E-state index contributed by atoms with van der Waals surface area (Å²) in [6.07, 6.45) is 9.14. The van der Waals surface area contributed by atoms with Crippen molar-refractivity contribution < 1.29 is 9.90 Å². The van der Waals surface area contributed by atoms with Crippen LogP contribution in [0.2, 0.25) is 0 Å². The van der Waals surface area contributed by atoms with E-state index in [9.17, 15) is 9.90 Å². The van der Waals surface area contributed by atoms with Crippen molar-refractivity contribution in [2.45, 2.75) is 50.0 Å². The van der Waals surface area contributed by atoms with Crippen LogP contribution in [0.15, 0.2) is 30.3 Å². The van der Waals surface area contributed by atoms with Crippen LogP contribution in [-0.4, -0.2) is 11.6 Å². The summed E-state index contributed by atoms with van der Waals surface area (Å²) < 4.78 is 0. The minimum absolute atomic E-state index is 0.639. The van der Waals surface area contributed by atoms with Crippen molar-refractivity contribution in [2.75, 3.05) is 0 Å². The van der Waals surface area contributed by atoms with Crippen LogP contribution < -0.4 is 10.4 Å². The van der Waals surface area contributed by atoms with E-state index >= 15 is 0 Å². The molecule has 1 aromatic carbocycles. The second-order valence-corrected chi connectivity index (χ2v) is 5.69. The summed E-state index contributed by atoms with van der Waals surface area (Å²) in [6.45, 7) is 1.95.